The summed E-state index contributed by atoms with van der Waals surface area (Å²) in [5, 5.41) is 16.3. The van der Waals surface area contributed by atoms with Gasteiger partial charge in [-0.1, -0.05) is 0 Å². The van der Waals surface area contributed by atoms with Crippen LogP contribution in [-0.4, -0.2) is 40.6 Å². The number of amides is 2. The summed E-state index contributed by atoms with van der Waals surface area (Å²) in [6, 6.07) is 2.31. The highest BCUT2D eigenvalue weighted by Gasteiger charge is 2.28. The smallest absolute Gasteiger partial charge is 0.317 e. The van der Waals surface area contributed by atoms with Gasteiger partial charge in [-0.2, -0.15) is 11.3 Å². The molecule has 0 spiro atoms. The van der Waals surface area contributed by atoms with Crippen LogP contribution in [0.3, 0.4) is 0 Å². The third-order valence-corrected chi connectivity index (χ3v) is 5.38. The number of likely N-dealkylation sites (N-methyl/N-ethyl adjacent to an activating group) is 1. The predicted molar refractivity (Wildman–Crippen MR) is 91.8 cm³/mol. The van der Waals surface area contributed by atoms with Crippen molar-refractivity contribution in [2.45, 2.75) is 58.0 Å². The molecule has 1 aromatic heterocycles. The summed E-state index contributed by atoms with van der Waals surface area (Å²) in [6.07, 6.45) is 3.66. The summed E-state index contributed by atoms with van der Waals surface area (Å²) in [5.74, 6) is -0.961. The number of carbonyl (C=O) groups excluding carboxylic acids is 1. The van der Waals surface area contributed by atoms with Gasteiger partial charge in [0.15, 0.2) is 0 Å². The van der Waals surface area contributed by atoms with Gasteiger partial charge in [-0.3, -0.25) is 4.79 Å². The van der Waals surface area contributed by atoms with E-state index in [1.807, 2.05) is 11.8 Å². The van der Waals surface area contributed by atoms with Gasteiger partial charge in [-0.15, -0.1) is 0 Å². The molecule has 1 heterocycles. The van der Waals surface area contributed by atoms with Crippen molar-refractivity contribution in [2.24, 2.45) is 5.92 Å². The van der Waals surface area contributed by atoms with Crippen molar-refractivity contribution in [3.63, 3.8) is 0 Å². The number of hydrogen-bond donors (Lipinski definition) is 2. The second-order valence-electron chi connectivity index (χ2n) is 6.31. The van der Waals surface area contributed by atoms with E-state index in [2.05, 4.69) is 29.1 Å². The zero-order chi connectivity index (χ0) is 16.8. The van der Waals surface area contributed by atoms with Gasteiger partial charge < -0.3 is 15.3 Å². The van der Waals surface area contributed by atoms with Crippen LogP contribution in [0.25, 0.3) is 0 Å². The van der Waals surface area contributed by atoms with E-state index < -0.39 is 5.97 Å². The first kappa shape index (κ1) is 17.8. The number of carboxylic acids is 1. The van der Waals surface area contributed by atoms with Crippen molar-refractivity contribution in [1.82, 2.24) is 10.2 Å². The van der Waals surface area contributed by atoms with E-state index in [0.29, 0.717) is 19.4 Å². The fraction of sp³-hybridized carbons (Fsp3) is 0.647. The number of hydrogen-bond acceptors (Lipinski definition) is 3. The van der Waals surface area contributed by atoms with Gasteiger partial charge in [-0.25, -0.2) is 4.79 Å². The fourth-order valence-electron chi connectivity index (χ4n) is 3.26. The monoisotopic (exact) mass is 338 g/mol. The van der Waals surface area contributed by atoms with Gasteiger partial charge in [0, 0.05) is 18.6 Å². The van der Waals surface area contributed by atoms with Crippen LogP contribution in [0, 0.1) is 5.92 Å². The molecule has 1 aliphatic rings. The Kier molecular flexibility index (Phi) is 6.45. The highest BCUT2D eigenvalue weighted by Crippen LogP contribution is 2.24. The lowest BCUT2D eigenvalue weighted by Gasteiger charge is -2.32. The van der Waals surface area contributed by atoms with E-state index in [1.165, 1.54) is 5.56 Å². The second-order valence-corrected chi connectivity index (χ2v) is 7.09. The first-order valence-corrected chi connectivity index (χ1v) is 9.26. The molecule has 0 saturated heterocycles. The minimum Gasteiger partial charge on any atom is -0.481 e. The summed E-state index contributed by atoms with van der Waals surface area (Å²) in [7, 11) is 0. The summed E-state index contributed by atoms with van der Waals surface area (Å²) < 4.78 is 0. The molecular weight excluding hydrogens is 312 g/mol. The van der Waals surface area contributed by atoms with Crippen LogP contribution in [0.2, 0.25) is 0 Å². The van der Waals surface area contributed by atoms with Crippen LogP contribution in [0.4, 0.5) is 4.79 Å². The van der Waals surface area contributed by atoms with Crippen LogP contribution >= 0.6 is 11.3 Å². The van der Waals surface area contributed by atoms with E-state index in [9.17, 15) is 9.59 Å². The van der Waals surface area contributed by atoms with E-state index in [0.717, 1.165) is 19.3 Å². The summed E-state index contributed by atoms with van der Waals surface area (Å²) in [5.41, 5.74) is 1.26. The predicted octanol–water partition coefficient (Wildman–Crippen LogP) is 3.35. The Morgan fingerprint density at radius 1 is 1.39 bits per heavy atom. The molecule has 0 aliphatic heterocycles. The SMILES string of the molecule is CCN(C(=O)NC1CCC(C(=O)O)CC1)C(C)Cc1ccsc1. The molecule has 6 heteroatoms. The molecule has 1 fully saturated rings. The molecule has 0 aromatic carbocycles. The molecule has 0 radical (unpaired) electrons. The third kappa shape index (κ3) is 4.96. The Morgan fingerprint density at radius 3 is 2.61 bits per heavy atom. The molecule has 2 rings (SSSR count). The van der Waals surface area contributed by atoms with E-state index in [4.69, 9.17) is 5.11 Å². The fourth-order valence-corrected chi connectivity index (χ4v) is 3.94. The number of carbonyl (C=O) groups is 2. The third-order valence-electron chi connectivity index (χ3n) is 4.65. The van der Waals surface area contributed by atoms with Gasteiger partial charge in [0.25, 0.3) is 0 Å². The summed E-state index contributed by atoms with van der Waals surface area (Å²) in [6.45, 7) is 4.73. The zero-order valence-electron chi connectivity index (χ0n) is 13.8. The minimum absolute atomic E-state index is 0.0333. The van der Waals surface area contributed by atoms with Crippen molar-refractivity contribution >= 4 is 23.3 Å². The normalized spacial score (nSPS) is 22.3. The Hall–Kier alpha value is -1.56. The summed E-state index contributed by atoms with van der Waals surface area (Å²) >= 11 is 1.67. The molecule has 1 unspecified atom stereocenters. The van der Waals surface area contributed by atoms with Crippen LogP contribution in [0.1, 0.15) is 45.1 Å². The van der Waals surface area contributed by atoms with Gasteiger partial charge in [-0.05, 0) is 68.3 Å². The molecule has 1 aromatic rings. The number of nitrogens with zero attached hydrogens (tertiary/aromatic N) is 1. The average molecular weight is 338 g/mol. The number of aliphatic carboxylic acids is 1. The maximum Gasteiger partial charge on any atom is 0.317 e. The topological polar surface area (TPSA) is 69.6 Å². The Bertz CT molecular complexity index is 510. The summed E-state index contributed by atoms with van der Waals surface area (Å²) in [4.78, 5) is 25.4. The largest absolute Gasteiger partial charge is 0.481 e. The standard InChI is InChI=1S/C17H26N2O3S/c1-3-19(12(2)10-13-8-9-23-11-13)17(22)18-15-6-4-14(5-7-15)16(20)21/h8-9,11-12,14-15H,3-7,10H2,1-2H3,(H,18,22)(H,20,21). The molecule has 5 nitrogen and oxygen atoms in total. The van der Waals surface area contributed by atoms with Crippen LogP contribution in [0.15, 0.2) is 16.8 Å². The second kappa shape index (κ2) is 8.34. The molecule has 0 bridgehead atoms. The van der Waals surface area contributed by atoms with E-state index >= 15 is 0 Å². The zero-order valence-corrected chi connectivity index (χ0v) is 14.6. The van der Waals surface area contributed by atoms with E-state index in [1.54, 1.807) is 11.3 Å². The van der Waals surface area contributed by atoms with Crippen LogP contribution in [-0.2, 0) is 11.2 Å². The first-order chi connectivity index (χ1) is 11.0. The lowest BCUT2D eigenvalue weighted by atomic mass is 9.86. The van der Waals surface area contributed by atoms with Crippen LogP contribution < -0.4 is 5.32 Å². The molecule has 1 aliphatic carbocycles. The molecule has 23 heavy (non-hydrogen) atoms. The number of rotatable bonds is 6. The molecule has 2 N–H and O–H groups in total. The Morgan fingerprint density at radius 2 is 2.09 bits per heavy atom. The number of nitrogens with one attached hydrogen (secondary N) is 1. The molecule has 128 valence electrons. The number of urea groups is 1. The number of thiophene rings is 1. The van der Waals surface area contributed by atoms with Gasteiger partial charge >= 0.3 is 12.0 Å². The molecule has 2 amide bonds. The van der Waals surface area contributed by atoms with Crippen molar-refractivity contribution in [3.8, 4) is 0 Å². The lowest BCUT2D eigenvalue weighted by Crippen LogP contribution is -2.49. The highest BCUT2D eigenvalue weighted by atomic mass is 32.1. The average Bonchev–Trinajstić information content (AvgIpc) is 3.01. The highest BCUT2D eigenvalue weighted by molar-refractivity contribution is 7.07. The Labute approximate surface area is 141 Å². The number of carboxylic acid groups (broad SMARTS) is 1. The van der Waals surface area contributed by atoms with Crippen molar-refractivity contribution in [3.05, 3.63) is 22.4 Å². The maximum absolute atomic E-state index is 12.5. The minimum atomic E-state index is -0.714. The first-order valence-electron chi connectivity index (χ1n) is 8.32. The molecular formula is C17H26N2O3S. The van der Waals surface area contributed by atoms with Gasteiger partial charge in [0.2, 0.25) is 0 Å². The van der Waals surface area contributed by atoms with Crippen molar-refractivity contribution in [2.75, 3.05) is 6.54 Å². The van der Waals surface area contributed by atoms with Gasteiger partial charge in [0.1, 0.15) is 0 Å². The van der Waals surface area contributed by atoms with Crippen molar-refractivity contribution < 1.29 is 14.7 Å². The molecule has 1 atom stereocenters. The van der Waals surface area contributed by atoms with Crippen LogP contribution in [0.5, 0.6) is 0 Å². The van der Waals surface area contributed by atoms with Gasteiger partial charge in [0.05, 0.1) is 5.92 Å². The maximum atomic E-state index is 12.5. The van der Waals surface area contributed by atoms with E-state index in [-0.39, 0.29) is 24.0 Å². The molecule has 1 saturated carbocycles. The van der Waals surface area contributed by atoms with Crippen molar-refractivity contribution in [1.29, 1.82) is 0 Å². The quantitative estimate of drug-likeness (QED) is 0.835. The lowest BCUT2D eigenvalue weighted by molar-refractivity contribution is -0.142. The Balaban J connectivity index is 1.84.